The number of aromatic nitrogens is 3. The van der Waals surface area contributed by atoms with E-state index in [-0.39, 0.29) is 5.97 Å². The second-order valence-corrected chi connectivity index (χ2v) is 11.3. The van der Waals surface area contributed by atoms with Gasteiger partial charge in [0.05, 0.1) is 7.11 Å². The third-order valence-electron chi connectivity index (χ3n) is 6.41. The Morgan fingerprint density at radius 1 is 1.11 bits per heavy atom. The number of unbranched alkanes of at least 4 members (excludes halogenated alkanes) is 3. The summed E-state index contributed by atoms with van der Waals surface area (Å²) in [5.74, 6) is 2.41. The maximum absolute atomic E-state index is 11.1. The molecule has 9 heteroatoms. The van der Waals surface area contributed by atoms with Gasteiger partial charge in [-0.1, -0.05) is 12.8 Å². The van der Waals surface area contributed by atoms with Crippen molar-refractivity contribution in [3.63, 3.8) is 0 Å². The number of carbonyl (C=O) groups excluding carboxylic acids is 1. The van der Waals surface area contributed by atoms with E-state index in [0.29, 0.717) is 45.1 Å². The molecule has 35 heavy (non-hydrogen) atoms. The van der Waals surface area contributed by atoms with Crippen LogP contribution in [0.15, 0.2) is 36.7 Å². The molecule has 2 aromatic heterocycles. The molecule has 0 aliphatic heterocycles. The molecule has 1 saturated carbocycles. The first-order valence-electron chi connectivity index (χ1n) is 12.6. The van der Waals surface area contributed by atoms with Crippen molar-refractivity contribution in [2.24, 2.45) is 0 Å². The summed E-state index contributed by atoms with van der Waals surface area (Å²) in [7, 11) is 1.43. The molecule has 0 atom stereocenters. The number of hydrogen-bond acceptors (Lipinski definition) is 7. The van der Waals surface area contributed by atoms with Crippen LogP contribution in [0.25, 0.3) is 11.0 Å². The number of pyridine rings is 1. The predicted octanol–water partition coefficient (Wildman–Crippen LogP) is 5.35. The van der Waals surface area contributed by atoms with Gasteiger partial charge in [0.1, 0.15) is 0 Å². The number of carbonyl (C=O) groups is 1. The van der Waals surface area contributed by atoms with E-state index in [1.807, 2.05) is 30.6 Å². The summed E-state index contributed by atoms with van der Waals surface area (Å²) in [4.78, 5) is 20.6. The predicted molar refractivity (Wildman–Crippen MR) is 139 cm³/mol. The van der Waals surface area contributed by atoms with E-state index in [1.165, 1.54) is 39.2 Å². The fourth-order valence-corrected chi connectivity index (χ4v) is 5.46. The molecule has 1 aromatic carbocycles. The fraction of sp³-hybridized carbons (Fsp3) is 0.500. The normalized spacial score (nSPS) is 14.1. The Labute approximate surface area is 223 Å². The van der Waals surface area contributed by atoms with Gasteiger partial charge >= 0.3 is 182 Å². The number of anilines is 3. The Morgan fingerprint density at radius 2 is 1.89 bits per heavy atom. The summed E-state index contributed by atoms with van der Waals surface area (Å²) in [6.45, 7) is 0.671. The Kier molecular flexibility index (Phi) is 9.61. The van der Waals surface area contributed by atoms with Crippen LogP contribution >= 0.6 is 0 Å². The quantitative estimate of drug-likeness (QED) is 0.153. The van der Waals surface area contributed by atoms with Crippen LogP contribution in [0.5, 0.6) is 5.75 Å². The topological polar surface area (TPSA) is 90.3 Å². The number of fused-ring (bicyclic) bond motifs is 1. The number of benzene rings is 1. The number of nitrogens with zero attached hydrogens (tertiary/aromatic N) is 3. The minimum atomic E-state index is -0.135. The SMILES string of the molecule is COC(=O)CCCCCCOc1ccc(Nc2cc3c(nc[n]3[Tl])c(NC3CCCCC3)n2)cc1. The molecule has 1 fully saturated rings. The number of esters is 1. The van der Waals surface area contributed by atoms with Gasteiger partial charge in [-0.2, -0.15) is 0 Å². The number of hydrogen-bond donors (Lipinski definition) is 2. The van der Waals surface area contributed by atoms with Crippen LogP contribution in [0.4, 0.5) is 17.3 Å². The van der Waals surface area contributed by atoms with Gasteiger partial charge in [0.2, 0.25) is 0 Å². The summed E-state index contributed by atoms with van der Waals surface area (Å²) >= 11 is 0.645. The molecule has 2 heterocycles. The molecule has 1 aliphatic rings. The molecule has 0 saturated heterocycles. The van der Waals surface area contributed by atoms with Crippen molar-refractivity contribution in [3.05, 3.63) is 36.7 Å². The summed E-state index contributed by atoms with van der Waals surface area (Å²) in [5.41, 5.74) is 3.05. The van der Waals surface area contributed by atoms with E-state index in [1.54, 1.807) is 0 Å². The average molecular weight is 669 g/mol. The average Bonchev–Trinajstić information content (AvgIpc) is 3.25. The Bertz CT molecular complexity index is 1100. The number of rotatable bonds is 12. The van der Waals surface area contributed by atoms with Gasteiger partial charge in [-0.3, -0.25) is 4.79 Å². The molecular formula is C26H34N5O3Tl. The first-order valence-corrected chi connectivity index (χ1v) is 14.6. The zero-order valence-corrected chi connectivity index (χ0v) is 25.0. The van der Waals surface area contributed by atoms with Crippen LogP contribution < -0.4 is 15.4 Å². The molecule has 1 aliphatic carbocycles. The molecule has 0 radical (unpaired) electrons. The van der Waals surface area contributed by atoms with Crippen molar-refractivity contribution in [1.82, 2.24) is 12.3 Å². The van der Waals surface area contributed by atoms with E-state index in [4.69, 9.17) is 9.72 Å². The minimum absolute atomic E-state index is 0.135. The van der Waals surface area contributed by atoms with Crippen molar-refractivity contribution in [2.45, 2.75) is 70.3 Å². The van der Waals surface area contributed by atoms with Gasteiger partial charge in [-0.25, -0.2) is 0 Å². The van der Waals surface area contributed by atoms with Crippen LogP contribution in [0.1, 0.15) is 64.2 Å². The molecule has 0 spiro atoms. The van der Waals surface area contributed by atoms with E-state index < -0.39 is 0 Å². The second-order valence-electron chi connectivity index (χ2n) is 9.09. The zero-order valence-electron chi connectivity index (χ0n) is 20.5. The number of imidazole rings is 1. The molecular weight excluding hydrogens is 635 g/mol. The van der Waals surface area contributed by atoms with Crippen molar-refractivity contribution < 1.29 is 14.3 Å². The first kappa shape index (κ1) is 25.7. The molecule has 8 nitrogen and oxygen atoms in total. The van der Waals surface area contributed by atoms with Crippen molar-refractivity contribution >= 4 is 60.4 Å². The molecule has 0 bridgehead atoms. The Morgan fingerprint density at radius 3 is 2.66 bits per heavy atom. The third-order valence-corrected chi connectivity index (χ3v) is 8.01. The van der Waals surface area contributed by atoms with Gasteiger partial charge in [-0.05, 0) is 6.42 Å². The van der Waals surface area contributed by atoms with Crippen LogP contribution in [-0.4, -0.2) is 64.1 Å². The molecule has 3 aromatic rings. The summed E-state index contributed by atoms with van der Waals surface area (Å²) in [6, 6.07) is 10.6. The standard InChI is InChI=1S/C26H34N5O3.Tl/c1-33-24(32)11-7-2-3-8-16-34-21-14-12-20(13-15-21)29-23-17-22-25(28-18-27-22)26(31-23)30-19-9-5-4-6-10-19;/h12-15,17-19H,2-11,16H2,1H3,(H2-,27,28,29,30,31);/q-1;+1. The third kappa shape index (κ3) is 7.56. The summed E-state index contributed by atoms with van der Waals surface area (Å²) < 4.78 is 12.7. The van der Waals surface area contributed by atoms with E-state index in [2.05, 4.69) is 28.8 Å². The molecule has 184 valence electrons. The van der Waals surface area contributed by atoms with Gasteiger partial charge in [0.25, 0.3) is 0 Å². The van der Waals surface area contributed by atoms with Crippen LogP contribution in [0.3, 0.4) is 0 Å². The summed E-state index contributed by atoms with van der Waals surface area (Å²) in [5, 5.41) is 7.13. The van der Waals surface area contributed by atoms with Gasteiger partial charge < -0.3 is 4.74 Å². The first-order chi connectivity index (χ1) is 17.1. The number of methoxy groups -OCH3 is 1. The Balaban J connectivity index is 1.31. The maximum atomic E-state index is 11.1. The number of ether oxygens (including phenoxy) is 2. The van der Waals surface area contributed by atoms with Crippen LogP contribution in [0, 0.1) is 0 Å². The molecule has 0 amide bonds. The molecule has 4 rings (SSSR count). The van der Waals surface area contributed by atoms with E-state index in [9.17, 15) is 4.79 Å². The van der Waals surface area contributed by atoms with E-state index >= 15 is 0 Å². The monoisotopic (exact) mass is 669 g/mol. The summed E-state index contributed by atoms with van der Waals surface area (Å²) in [6.07, 6.45) is 12.6. The number of nitrogens with one attached hydrogen (secondary N) is 2. The van der Waals surface area contributed by atoms with Gasteiger partial charge in [0, 0.05) is 6.42 Å². The van der Waals surface area contributed by atoms with Crippen LogP contribution in [-0.2, 0) is 9.53 Å². The van der Waals surface area contributed by atoms with Crippen molar-refractivity contribution in [1.29, 1.82) is 0 Å². The second kappa shape index (κ2) is 13.1. The Hall–Kier alpha value is -2.37. The van der Waals surface area contributed by atoms with Crippen LogP contribution in [0.2, 0.25) is 0 Å². The van der Waals surface area contributed by atoms with Gasteiger partial charge in [0.15, 0.2) is 0 Å². The van der Waals surface area contributed by atoms with Gasteiger partial charge in [-0.15, -0.1) is 0 Å². The molecule has 0 unspecified atom stereocenters. The fourth-order valence-electron chi connectivity index (χ4n) is 4.44. The van der Waals surface area contributed by atoms with Crippen molar-refractivity contribution in [2.75, 3.05) is 24.4 Å². The van der Waals surface area contributed by atoms with Crippen molar-refractivity contribution in [3.8, 4) is 5.75 Å². The van der Waals surface area contributed by atoms with E-state index in [0.717, 1.165) is 59.8 Å². The zero-order chi connectivity index (χ0) is 24.5. The molecule has 2 N–H and O–H groups in total.